The van der Waals surface area contributed by atoms with Gasteiger partial charge in [0.05, 0.1) is 12.8 Å². The summed E-state index contributed by atoms with van der Waals surface area (Å²) >= 11 is 0. The van der Waals surface area contributed by atoms with Gasteiger partial charge >= 0.3 is 5.97 Å². The van der Waals surface area contributed by atoms with E-state index in [9.17, 15) is 19.2 Å². The molecule has 0 atom stereocenters. The zero-order valence-corrected chi connectivity index (χ0v) is 19.9. The Hall–Kier alpha value is -4.80. The Labute approximate surface area is 207 Å². The van der Waals surface area contributed by atoms with E-state index < -0.39 is 23.3 Å². The number of hydrogen-bond donors (Lipinski definition) is 3. The van der Waals surface area contributed by atoms with Crippen molar-refractivity contribution in [2.45, 2.75) is 0 Å². The van der Waals surface area contributed by atoms with Gasteiger partial charge in [-0.3, -0.25) is 24.6 Å². The number of benzene rings is 2. The van der Waals surface area contributed by atoms with E-state index in [0.29, 0.717) is 22.4 Å². The van der Waals surface area contributed by atoms with Crippen LogP contribution < -0.4 is 16.6 Å². The first-order valence-corrected chi connectivity index (χ1v) is 10.9. The molecule has 3 rings (SSSR count). The summed E-state index contributed by atoms with van der Waals surface area (Å²) in [5, 5.41) is 14.3. The highest BCUT2D eigenvalue weighted by molar-refractivity contribution is 5.97. The van der Waals surface area contributed by atoms with E-state index in [-0.39, 0.29) is 31.0 Å². The number of carbonyl (C=O) groups excluding carboxylic acids is 3. The molecule has 4 N–H and O–H groups in total. The Morgan fingerprint density at radius 2 is 1.75 bits per heavy atom. The van der Waals surface area contributed by atoms with Gasteiger partial charge < -0.3 is 20.7 Å². The topological polar surface area (TPSA) is 160 Å². The summed E-state index contributed by atoms with van der Waals surface area (Å²) in [5.41, 5.74) is 6.68. The normalized spacial score (nSPS) is 10.4. The molecule has 3 aromatic rings. The molecule has 0 unspecified atom stereocenters. The van der Waals surface area contributed by atoms with Gasteiger partial charge in [-0.2, -0.15) is 5.10 Å². The van der Waals surface area contributed by atoms with Crippen LogP contribution in [0.25, 0.3) is 11.3 Å². The van der Waals surface area contributed by atoms with E-state index >= 15 is 0 Å². The molecular formula is C25H26N6O5. The Bertz CT molecular complexity index is 1340. The molecule has 11 heteroatoms. The van der Waals surface area contributed by atoms with E-state index in [1.807, 2.05) is 0 Å². The predicted octanol–water partition coefficient (Wildman–Crippen LogP) is 0.777. The number of rotatable bonds is 9. The molecule has 0 saturated heterocycles. The van der Waals surface area contributed by atoms with Crippen LogP contribution in [0.2, 0.25) is 0 Å². The fourth-order valence-corrected chi connectivity index (χ4v) is 3.37. The number of nitrogens with two attached hydrogens (primary N) is 1. The Morgan fingerprint density at radius 3 is 2.36 bits per heavy atom. The average molecular weight is 491 g/mol. The summed E-state index contributed by atoms with van der Waals surface area (Å²) in [4.78, 5) is 51.3. The first-order valence-electron chi connectivity index (χ1n) is 10.9. The second-order valence-electron chi connectivity index (χ2n) is 7.79. The molecule has 2 aromatic carbocycles. The quantitative estimate of drug-likeness (QED) is 0.227. The van der Waals surface area contributed by atoms with Crippen LogP contribution in [0.1, 0.15) is 26.3 Å². The molecule has 0 saturated carbocycles. The molecular weight excluding hydrogens is 464 g/mol. The molecule has 0 aliphatic rings. The van der Waals surface area contributed by atoms with Crippen LogP contribution in [0, 0.1) is 5.41 Å². The van der Waals surface area contributed by atoms with Crippen molar-refractivity contribution in [3.8, 4) is 11.3 Å². The highest BCUT2D eigenvalue weighted by atomic mass is 16.5. The fourth-order valence-electron chi connectivity index (χ4n) is 3.37. The number of methoxy groups -OCH3 is 1. The maximum atomic E-state index is 12.9. The third kappa shape index (κ3) is 6.20. The van der Waals surface area contributed by atoms with E-state index in [4.69, 9.17) is 11.1 Å². The summed E-state index contributed by atoms with van der Waals surface area (Å²) in [6, 6.07) is 16.5. The van der Waals surface area contributed by atoms with Crippen molar-refractivity contribution in [3.05, 3.63) is 87.7 Å². The third-order valence-corrected chi connectivity index (χ3v) is 5.32. The van der Waals surface area contributed by atoms with E-state index in [1.54, 1.807) is 54.6 Å². The number of amides is 2. The molecule has 1 heterocycles. The maximum absolute atomic E-state index is 12.9. The minimum Gasteiger partial charge on any atom is -0.468 e. The molecule has 36 heavy (non-hydrogen) atoms. The van der Waals surface area contributed by atoms with Gasteiger partial charge in [-0.15, -0.1) is 0 Å². The number of amidine groups is 1. The van der Waals surface area contributed by atoms with Crippen molar-refractivity contribution >= 4 is 23.6 Å². The summed E-state index contributed by atoms with van der Waals surface area (Å²) in [6.45, 7) is -0.292. The first-order chi connectivity index (χ1) is 17.2. The maximum Gasteiger partial charge on any atom is 0.325 e. The van der Waals surface area contributed by atoms with Gasteiger partial charge in [0.15, 0.2) is 0 Å². The van der Waals surface area contributed by atoms with Crippen molar-refractivity contribution in [2.24, 2.45) is 12.8 Å². The van der Waals surface area contributed by atoms with Gasteiger partial charge in [-0.1, -0.05) is 42.5 Å². The number of esters is 1. The van der Waals surface area contributed by atoms with Crippen molar-refractivity contribution < 1.29 is 19.1 Å². The molecule has 0 radical (unpaired) electrons. The molecule has 2 amide bonds. The van der Waals surface area contributed by atoms with Gasteiger partial charge in [0.25, 0.3) is 17.4 Å². The van der Waals surface area contributed by atoms with Crippen LogP contribution >= 0.6 is 0 Å². The lowest BCUT2D eigenvalue weighted by molar-refractivity contribution is -0.141. The number of ether oxygens (including phenoxy) is 1. The van der Waals surface area contributed by atoms with Crippen LogP contribution in [-0.2, 0) is 16.6 Å². The summed E-state index contributed by atoms with van der Waals surface area (Å²) < 4.78 is 5.74. The third-order valence-electron chi connectivity index (χ3n) is 5.32. The number of aryl methyl sites for hydroxylation is 1. The molecule has 186 valence electrons. The minimum absolute atomic E-state index is 0.0114. The van der Waals surface area contributed by atoms with Crippen molar-refractivity contribution in [1.82, 2.24) is 20.0 Å². The number of carbonyl (C=O) groups is 3. The Morgan fingerprint density at radius 1 is 1.08 bits per heavy atom. The molecule has 1 aromatic heterocycles. The average Bonchev–Trinajstić information content (AvgIpc) is 2.89. The number of nitrogen functional groups attached to an aromatic ring is 1. The molecule has 0 aliphatic carbocycles. The van der Waals surface area contributed by atoms with E-state index in [0.717, 1.165) is 4.68 Å². The minimum atomic E-state index is -0.648. The highest BCUT2D eigenvalue weighted by Crippen LogP contribution is 2.17. The molecule has 0 spiro atoms. The molecule has 0 bridgehead atoms. The van der Waals surface area contributed by atoms with E-state index in [1.165, 1.54) is 25.1 Å². The molecule has 0 aliphatic heterocycles. The molecule has 0 fully saturated rings. The fraction of sp³-hybridized carbons (Fsp3) is 0.200. The van der Waals surface area contributed by atoms with Crippen LogP contribution in [-0.4, -0.2) is 65.0 Å². The highest BCUT2D eigenvalue weighted by Gasteiger charge is 2.20. The number of nitrogens with zero attached hydrogens (tertiary/aromatic N) is 3. The predicted molar refractivity (Wildman–Crippen MR) is 133 cm³/mol. The monoisotopic (exact) mass is 490 g/mol. The van der Waals surface area contributed by atoms with Gasteiger partial charge in [-0.05, 0) is 18.2 Å². The second kappa shape index (κ2) is 11.6. The van der Waals surface area contributed by atoms with Crippen molar-refractivity contribution in [1.29, 1.82) is 5.41 Å². The smallest absolute Gasteiger partial charge is 0.325 e. The van der Waals surface area contributed by atoms with Gasteiger partial charge in [0.1, 0.15) is 17.9 Å². The standard InChI is InChI=1S/C25H26N6O5/c1-30-25(35)19(14-20(29-30)16-8-10-17(11-9-16)22(26)27)23(33)28-12-13-31(15-21(32)36-2)24(34)18-6-4-3-5-7-18/h3-11,14H,12-13,15H2,1-2H3,(H3,26,27)(H,28,33). The molecule has 11 nitrogen and oxygen atoms in total. The Balaban J connectivity index is 1.75. The van der Waals surface area contributed by atoms with Crippen LogP contribution in [0.3, 0.4) is 0 Å². The van der Waals surface area contributed by atoms with Crippen LogP contribution in [0.5, 0.6) is 0 Å². The first kappa shape index (κ1) is 25.8. The SMILES string of the molecule is COC(=O)CN(CCNC(=O)c1cc(-c2ccc(C(=N)N)cc2)nn(C)c1=O)C(=O)c1ccccc1. The van der Waals surface area contributed by atoms with Crippen LogP contribution in [0.4, 0.5) is 0 Å². The van der Waals surface area contributed by atoms with Gasteiger partial charge in [0.2, 0.25) is 0 Å². The van der Waals surface area contributed by atoms with Crippen molar-refractivity contribution in [2.75, 3.05) is 26.7 Å². The summed E-state index contributed by atoms with van der Waals surface area (Å²) in [6.07, 6.45) is 0. The zero-order valence-electron chi connectivity index (χ0n) is 19.9. The lowest BCUT2D eigenvalue weighted by atomic mass is 10.1. The summed E-state index contributed by atoms with van der Waals surface area (Å²) in [7, 11) is 2.66. The van der Waals surface area contributed by atoms with Gasteiger partial charge in [-0.25, -0.2) is 4.68 Å². The lowest BCUT2D eigenvalue weighted by Crippen LogP contribution is -2.42. The second-order valence-corrected chi connectivity index (χ2v) is 7.79. The lowest BCUT2D eigenvalue weighted by Gasteiger charge is -2.21. The number of nitrogens with one attached hydrogen (secondary N) is 2. The largest absolute Gasteiger partial charge is 0.468 e. The summed E-state index contributed by atoms with van der Waals surface area (Å²) in [5.74, 6) is -1.73. The van der Waals surface area contributed by atoms with Crippen LogP contribution in [0.15, 0.2) is 65.5 Å². The number of hydrogen-bond acceptors (Lipinski definition) is 7. The zero-order chi connectivity index (χ0) is 26.2. The van der Waals surface area contributed by atoms with Crippen molar-refractivity contribution in [3.63, 3.8) is 0 Å². The Kier molecular flexibility index (Phi) is 8.29. The van der Waals surface area contributed by atoms with E-state index in [2.05, 4.69) is 15.2 Å². The van der Waals surface area contributed by atoms with Gasteiger partial charge in [0, 0.05) is 36.8 Å². The number of aromatic nitrogens is 2.